The number of rotatable bonds is 7. The van der Waals surface area contributed by atoms with E-state index in [0.717, 1.165) is 49.4 Å². The van der Waals surface area contributed by atoms with Crippen LogP contribution in [0.15, 0.2) is 47.4 Å². The highest BCUT2D eigenvalue weighted by Crippen LogP contribution is 2.28. The molecule has 2 aromatic rings. The van der Waals surface area contributed by atoms with Gasteiger partial charge in [-0.25, -0.2) is 4.39 Å². The molecule has 0 amide bonds. The van der Waals surface area contributed by atoms with Crippen molar-refractivity contribution in [2.45, 2.75) is 51.5 Å². The third kappa shape index (κ3) is 6.30. The Bertz CT molecular complexity index is 925. The third-order valence-electron chi connectivity index (χ3n) is 6.64. The predicted molar refractivity (Wildman–Crippen MR) is 123 cm³/mol. The molecule has 0 radical (unpaired) electrons. The summed E-state index contributed by atoms with van der Waals surface area (Å²) in [5.41, 5.74) is 1.64. The SMILES string of the molecule is O=c1[nH]cccc1CN1CCC(C=Cc2cc(F)ccc2OCC2CCCCC2)CC1. The number of aromatic amines is 1. The van der Waals surface area contributed by atoms with Gasteiger partial charge in [-0.2, -0.15) is 0 Å². The number of ether oxygens (including phenoxy) is 1. The van der Waals surface area contributed by atoms with Crippen molar-refractivity contribution in [2.75, 3.05) is 19.7 Å². The molecule has 2 aliphatic rings. The zero-order valence-corrected chi connectivity index (χ0v) is 18.2. The minimum atomic E-state index is -0.229. The number of hydrogen-bond donors (Lipinski definition) is 1. The molecule has 0 bridgehead atoms. The van der Waals surface area contributed by atoms with E-state index in [1.807, 2.05) is 18.2 Å². The number of benzene rings is 1. The van der Waals surface area contributed by atoms with E-state index in [4.69, 9.17) is 4.74 Å². The smallest absolute Gasteiger partial charge is 0.252 e. The first-order chi connectivity index (χ1) is 15.2. The fraction of sp³-hybridized carbons (Fsp3) is 0.500. The molecule has 31 heavy (non-hydrogen) atoms. The first kappa shape index (κ1) is 21.8. The highest BCUT2D eigenvalue weighted by Gasteiger charge is 2.19. The fourth-order valence-corrected chi connectivity index (χ4v) is 4.71. The Morgan fingerprint density at radius 2 is 1.90 bits per heavy atom. The van der Waals surface area contributed by atoms with Crippen LogP contribution in [0.2, 0.25) is 0 Å². The number of pyridine rings is 1. The van der Waals surface area contributed by atoms with Gasteiger partial charge in [0, 0.05) is 23.9 Å². The minimum absolute atomic E-state index is 0.00335. The van der Waals surface area contributed by atoms with E-state index in [1.54, 1.807) is 18.3 Å². The summed E-state index contributed by atoms with van der Waals surface area (Å²) in [6.45, 7) is 3.33. The van der Waals surface area contributed by atoms with E-state index in [9.17, 15) is 9.18 Å². The molecular weight excluding hydrogens is 391 g/mol. The summed E-state index contributed by atoms with van der Waals surface area (Å²) in [7, 11) is 0. The van der Waals surface area contributed by atoms with Gasteiger partial charge in [-0.3, -0.25) is 9.69 Å². The molecule has 1 aromatic carbocycles. The molecule has 0 spiro atoms. The van der Waals surface area contributed by atoms with Gasteiger partial charge < -0.3 is 9.72 Å². The van der Waals surface area contributed by atoms with Crippen molar-refractivity contribution in [2.24, 2.45) is 11.8 Å². The molecular formula is C26H33FN2O2. The van der Waals surface area contributed by atoms with Crippen molar-refractivity contribution in [1.82, 2.24) is 9.88 Å². The monoisotopic (exact) mass is 424 g/mol. The quantitative estimate of drug-likeness (QED) is 0.647. The summed E-state index contributed by atoms with van der Waals surface area (Å²) in [5, 5.41) is 0. The maximum absolute atomic E-state index is 13.9. The van der Waals surface area contributed by atoms with Crippen LogP contribution < -0.4 is 10.3 Å². The average Bonchev–Trinajstić information content (AvgIpc) is 2.80. The Morgan fingerprint density at radius 1 is 1.10 bits per heavy atom. The second-order valence-electron chi connectivity index (χ2n) is 8.99. The van der Waals surface area contributed by atoms with Crippen LogP contribution >= 0.6 is 0 Å². The maximum Gasteiger partial charge on any atom is 0.252 e. The first-order valence-electron chi connectivity index (χ1n) is 11.7. The van der Waals surface area contributed by atoms with Gasteiger partial charge in [-0.05, 0) is 74.9 Å². The zero-order valence-electron chi connectivity index (χ0n) is 18.2. The second-order valence-corrected chi connectivity index (χ2v) is 8.99. The van der Waals surface area contributed by atoms with Crippen LogP contribution in [0.1, 0.15) is 56.1 Å². The van der Waals surface area contributed by atoms with Gasteiger partial charge in [-0.1, -0.05) is 37.5 Å². The number of likely N-dealkylation sites (tertiary alicyclic amines) is 1. The molecule has 4 rings (SSSR count). The number of piperidine rings is 1. The van der Waals surface area contributed by atoms with Gasteiger partial charge in [0.05, 0.1) is 6.61 Å². The van der Waals surface area contributed by atoms with Gasteiger partial charge in [-0.15, -0.1) is 0 Å². The van der Waals surface area contributed by atoms with E-state index >= 15 is 0 Å². The van der Waals surface area contributed by atoms with Gasteiger partial charge in [0.25, 0.3) is 5.56 Å². The van der Waals surface area contributed by atoms with E-state index in [2.05, 4.69) is 16.0 Å². The summed E-state index contributed by atoms with van der Waals surface area (Å²) < 4.78 is 20.0. The van der Waals surface area contributed by atoms with Crippen LogP contribution in [0, 0.1) is 17.7 Å². The zero-order chi connectivity index (χ0) is 21.5. The number of aromatic nitrogens is 1. The average molecular weight is 425 g/mol. The largest absolute Gasteiger partial charge is 0.493 e. The third-order valence-corrected chi connectivity index (χ3v) is 6.64. The molecule has 1 saturated carbocycles. The lowest BCUT2D eigenvalue weighted by atomic mass is 9.90. The normalized spacial score (nSPS) is 19.1. The van der Waals surface area contributed by atoms with Gasteiger partial charge in [0.15, 0.2) is 0 Å². The van der Waals surface area contributed by atoms with Gasteiger partial charge in [0.2, 0.25) is 0 Å². The molecule has 1 saturated heterocycles. The molecule has 0 atom stereocenters. The fourth-order valence-electron chi connectivity index (χ4n) is 4.71. The summed E-state index contributed by atoms with van der Waals surface area (Å²) in [6.07, 6.45) is 14.4. The van der Waals surface area contributed by atoms with Crippen LogP contribution in [-0.2, 0) is 6.54 Å². The number of halogens is 1. The molecule has 1 aliphatic heterocycles. The van der Waals surface area contributed by atoms with Crippen LogP contribution in [0.5, 0.6) is 5.75 Å². The molecule has 4 nitrogen and oxygen atoms in total. The van der Waals surface area contributed by atoms with Crippen molar-refractivity contribution in [3.05, 3.63) is 69.9 Å². The van der Waals surface area contributed by atoms with Crippen molar-refractivity contribution in [3.63, 3.8) is 0 Å². The van der Waals surface area contributed by atoms with E-state index in [0.29, 0.717) is 18.4 Å². The topological polar surface area (TPSA) is 45.3 Å². The first-order valence-corrected chi connectivity index (χ1v) is 11.7. The summed E-state index contributed by atoms with van der Waals surface area (Å²) in [6, 6.07) is 8.58. The lowest BCUT2D eigenvalue weighted by Gasteiger charge is -2.30. The molecule has 2 fully saturated rings. The molecule has 0 unspecified atom stereocenters. The van der Waals surface area contributed by atoms with Crippen molar-refractivity contribution >= 4 is 6.08 Å². The Morgan fingerprint density at radius 3 is 2.68 bits per heavy atom. The highest BCUT2D eigenvalue weighted by atomic mass is 19.1. The summed E-state index contributed by atoms with van der Waals surface area (Å²) in [5.74, 6) is 1.63. The summed E-state index contributed by atoms with van der Waals surface area (Å²) in [4.78, 5) is 17.0. The van der Waals surface area contributed by atoms with Crippen molar-refractivity contribution in [3.8, 4) is 5.75 Å². The number of allylic oxidation sites excluding steroid dienone is 1. The standard InChI is InChI=1S/C26H33FN2O2/c27-24-10-11-25(31-19-21-5-2-1-3-6-21)22(17-24)9-8-20-12-15-29(16-13-20)18-23-7-4-14-28-26(23)30/h4,7-11,14,17,20-21H,1-3,5-6,12-13,15-16,18-19H2,(H,28,30). The van der Waals surface area contributed by atoms with E-state index in [-0.39, 0.29) is 11.4 Å². The number of nitrogens with one attached hydrogen (secondary N) is 1. The van der Waals surface area contributed by atoms with Crippen LogP contribution in [-0.4, -0.2) is 29.6 Å². The number of nitrogens with zero attached hydrogens (tertiary/aromatic N) is 1. The number of hydrogen-bond acceptors (Lipinski definition) is 3. The Hall–Kier alpha value is -2.40. The second kappa shape index (κ2) is 10.8. The van der Waals surface area contributed by atoms with Crippen LogP contribution in [0.3, 0.4) is 0 Å². The van der Waals surface area contributed by atoms with E-state index in [1.165, 1.54) is 38.2 Å². The van der Waals surface area contributed by atoms with Gasteiger partial charge >= 0.3 is 0 Å². The Labute approximate surface area is 184 Å². The van der Waals surface area contributed by atoms with Crippen LogP contribution in [0.4, 0.5) is 4.39 Å². The molecule has 166 valence electrons. The Kier molecular flexibility index (Phi) is 7.57. The lowest BCUT2D eigenvalue weighted by Crippen LogP contribution is -2.34. The maximum atomic E-state index is 13.9. The minimum Gasteiger partial charge on any atom is -0.493 e. The lowest BCUT2D eigenvalue weighted by molar-refractivity contribution is 0.195. The highest BCUT2D eigenvalue weighted by molar-refractivity contribution is 5.57. The Balaban J connectivity index is 1.31. The molecule has 5 heteroatoms. The molecule has 1 aromatic heterocycles. The molecule has 1 N–H and O–H groups in total. The molecule has 2 heterocycles. The molecule has 1 aliphatic carbocycles. The predicted octanol–water partition coefficient (Wildman–Crippen LogP) is 5.40. The van der Waals surface area contributed by atoms with Gasteiger partial charge in [0.1, 0.15) is 11.6 Å². The number of H-pyrrole nitrogens is 1. The van der Waals surface area contributed by atoms with Crippen molar-refractivity contribution in [1.29, 1.82) is 0 Å². The summed E-state index contributed by atoms with van der Waals surface area (Å²) >= 11 is 0. The van der Waals surface area contributed by atoms with Crippen molar-refractivity contribution < 1.29 is 9.13 Å². The van der Waals surface area contributed by atoms with E-state index < -0.39 is 0 Å². The van der Waals surface area contributed by atoms with Crippen LogP contribution in [0.25, 0.3) is 6.08 Å².